The van der Waals surface area contributed by atoms with E-state index in [9.17, 15) is 0 Å². The van der Waals surface area contributed by atoms with E-state index in [1.54, 1.807) is 6.07 Å². The van der Waals surface area contributed by atoms with Gasteiger partial charge in [0.1, 0.15) is 6.23 Å². The first-order valence-electron chi connectivity index (χ1n) is 4.74. The van der Waals surface area contributed by atoms with E-state index in [1.807, 2.05) is 12.1 Å². The minimum atomic E-state index is -0.449. The van der Waals surface area contributed by atoms with E-state index < -0.39 is 6.23 Å². The van der Waals surface area contributed by atoms with Crippen LogP contribution in [0.15, 0.2) is 18.2 Å². The topological polar surface area (TPSA) is 61.3 Å². The third-order valence-corrected chi connectivity index (χ3v) is 1.84. The molecule has 0 saturated heterocycles. The Balaban J connectivity index is 2.60. The first kappa shape index (κ1) is 11.0. The lowest BCUT2D eigenvalue weighted by atomic mass is 10.1. The van der Waals surface area contributed by atoms with Crippen LogP contribution < -0.4 is 11.5 Å². The fourth-order valence-corrected chi connectivity index (χ4v) is 1.10. The molecule has 0 amide bonds. The molecular formula is C11H17N2O. The third-order valence-electron chi connectivity index (χ3n) is 1.84. The van der Waals surface area contributed by atoms with Crippen molar-refractivity contribution in [1.29, 1.82) is 0 Å². The number of anilines is 1. The van der Waals surface area contributed by atoms with Crippen LogP contribution in [-0.4, -0.2) is 6.61 Å². The second kappa shape index (κ2) is 4.98. The molecule has 1 aromatic carbocycles. The van der Waals surface area contributed by atoms with Crippen molar-refractivity contribution in [2.24, 2.45) is 11.7 Å². The van der Waals surface area contributed by atoms with Gasteiger partial charge in [-0.05, 0) is 5.92 Å². The zero-order valence-electron chi connectivity index (χ0n) is 8.66. The highest BCUT2D eigenvalue weighted by atomic mass is 16.5. The van der Waals surface area contributed by atoms with E-state index in [0.29, 0.717) is 18.2 Å². The molecule has 14 heavy (non-hydrogen) atoms. The minimum Gasteiger partial charge on any atom is -0.398 e. The van der Waals surface area contributed by atoms with Crippen molar-refractivity contribution in [2.45, 2.75) is 20.1 Å². The molecule has 1 unspecified atom stereocenters. The molecule has 1 atom stereocenters. The Bertz CT molecular complexity index is 286. The van der Waals surface area contributed by atoms with E-state index in [0.717, 1.165) is 5.56 Å². The van der Waals surface area contributed by atoms with Crippen LogP contribution in [0.25, 0.3) is 0 Å². The molecule has 0 aliphatic rings. The van der Waals surface area contributed by atoms with Crippen molar-refractivity contribution in [1.82, 2.24) is 0 Å². The standard InChI is InChI=1S/C11H17N2O/c1-8(2)7-14-11(13)9-5-3-4-6-10(9)12/h3-5,8,11H,7,12-13H2,1-2H3. The molecule has 1 rings (SSSR count). The Hall–Kier alpha value is -1.06. The Morgan fingerprint density at radius 2 is 2.21 bits per heavy atom. The summed E-state index contributed by atoms with van der Waals surface area (Å²) in [5.41, 5.74) is 12.9. The highest BCUT2D eigenvalue weighted by Gasteiger charge is 2.09. The van der Waals surface area contributed by atoms with Crippen LogP contribution in [0.5, 0.6) is 0 Å². The summed E-state index contributed by atoms with van der Waals surface area (Å²) in [7, 11) is 0. The SMILES string of the molecule is CC(C)COC(N)c1ccc[c]c1N. The maximum Gasteiger partial charge on any atom is 0.133 e. The number of nitrogen functional groups attached to an aromatic ring is 1. The van der Waals surface area contributed by atoms with Crippen LogP contribution in [0.1, 0.15) is 25.6 Å². The quantitative estimate of drug-likeness (QED) is 0.565. The number of para-hydroxylation sites is 1. The van der Waals surface area contributed by atoms with Gasteiger partial charge in [-0.15, -0.1) is 0 Å². The van der Waals surface area contributed by atoms with Gasteiger partial charge in [0.15, 0.2) is 0 Å². The zero-order chi connectivity index (χ0) is 10.6. The van der Waals surface area contributed by atoms with Crippen molar-refractivity contribution in [3.8, 4) is 0 Å². The largest absolute Gasteiger partial charge is 0.398 e. The average Bonchev–Trinajstić information content (AvgIpc) is 2.15. The first-order valence-corrected chi connectivity index (χ1v) is 4.74. The Kier molecular flexibility index (Phi) is 3.92. The molecule has 0 aliphatic heterocycles. The molecule has 0 aromatic heterocycles. The van der Waals surface area contributed by atoms with Gasteiger partial charge < -0.3 is 16.2 Å². The lowest BCUT2D eigenvalue weighted by Crippen LogP contribution is -2.18. The van der Waals surface area contributed by atoms with Crippen molar-refractivity contribution in [3.05, 3.63) is 29.8 Å². The van der Waals surface area contributed by atoms with Gasteiger partial charge in [0.05, 0.1) is 6.61 Å². The first-order chi connectivity index (χ1) is 6.61. The second-order valence-corrected chi connectivity index (χ2v) is 3.69. The van der Waals surface area contributed by atoms with Crippen LogP contribution in [0.3, 0.4) is 0 Å². The summed E-state index contributed by atoms with van der Waals surface area (Å²) < 4.78 is 5.45. The number of ether oxygens (including phenoxy) is 1. The Labute approximate surface area is 85.0 Å². The predicted octanol–water partition coefficient (Wildman–Crippen LogP) is 1.70. The van der Waals surface area contributed by atoms with Gasteiger partial charge in [-0.25, -0.2) is 0 Å². The van der Waals surface area contributed by atoms with Gasteiger partial charge in [0, 0.05) is 17.3 Å². The van der Waals surface area contributed by atoms with E-state index in [1.165, 1.54) is 0 Å². The molecule has 0 heterocycles. The smallest absolute Gasteiger partial charge is 0.133 e. The highest BCUT2D eigenvalue weighted by molar-refractivity contribution is 5.46. The highest BCUT2D eigenvalue weighted by Crippen LogP contribution is 2.18. The van der Waals surface area contributed by atoms with E-state index >= 15 is 0 Å². The molecule has 0 spiro atoms. The molecule has 3 heteroatoms. The molecular weight excluding hydrogens is 176 g/mol. The minimum absolute atomic E-state index is 0.449. The van der Waals surface area contributed by atoms with Crippen molar-refractivity contribution < 1.29 is 4.74 Å². The molecule has 3 nitrogen and oxygen atoms in total. The zero-order valence-corrected chi connectivity index (χ0v) is 8.66. The third kappa shape index (κ3) is 3.01. The summed E-state index contributed by atoms with van der Waals surface area (Å²) in [5.74, 6) is 0.468. The molecule has 0 bridgehead atoms. The second-order valence-electron chi connectivity index (χ2n) is 3.69. The summed E-state index contributed by atoms with van der Waals surface area (Å²) in [5, 5.41) is 0. The summed E-state index contributed by atoms with van der Waals surface area (Å²) in [6.07, 6.45) is -0.449. The number of hydrogen-bond donors (Lipinski definition) is 2. The lowest BCUT2D eigenvalue weighted by molar-refractivity contribution is 0.0396. The maximum atomic E-state index is 5.82. The van der Waals surface area contributed by atoms with Gasteiger partial charge in [-0.1, -0.05) is 32.0 Å². The van der Waals surface area contributed by atoms with E-state index in [-0.39, 0.29) is 0 Å². The van der Waals surface area contributed by atoms with E-state index in [4.69, 9.17) is 16.2 Å². The van der Waals surface area contributed by atoms with Crippen LogP contribution >= 0.6 is 0 Å². The summed E-state index contributed by atoms with van der Waals surface area (Å²) >= 11 is 0. The Morgan fingerprint density at radius 1 is 1.50 bits per heavy atom. The number of rotatable bonds is 4. The van der Waals surface area contributed by atoms with E-state index in [2.05, 4.69) is 19.9 Å². The average molecular weight is 193 g/mol. The van der Waals surface area contributed by atoms with Crippen molar-refractivity contribution in [3.63, 3.8) is 0 Å². The summed E-state index contributed by atoms with van der Waals surface area (Å²) in [6, 6.07) is 8.35. The summed E-state index contributed by atoms with van der Waals surface area (Å²) in [6.45, 7) is 4.79. The van der Waals surface area contributed by atoms with Crippen molar-refractivity contribution >= 4 is 5.69 Å². The van der Waals surface area contributed by atoms with Gasteiger partial charge in [0.2, 0.25) is 0 Å². The van der Waals surface area contributed by atoms with Crippen LogP contribution in [-0.2, 0) is 4.74 Å². The van der Waals surface area contributed by atoms with Gasteiger partial charge in [0.25, 0.3) is 0 Å². The monoisotopic (exact) mass is 193 g/mol. The predicted molar refractivity (Wildman–Crippen MR) is 57.4 cm³/mol. The number of hydrogen-bond acceptors (Lipinski definition) is 3. The lowest BCUT2D eigenvalue weighted by Gasteiger charge is -2.16. The molecule has 1 radical (unpaired) electrons. The van der Waals surface area contributed by atoms with Crippen LogP contribution in [0.4, 0.5) is 5.69 Å². The van der Waals surface area contributed by atoms with Gasteiger partial charge in [-0.2, -0.15) is 0 Å². The number of nitrogens with two attached hydrogens (primary N) is 2. The fourth-order valence-electron chi connectivity index (χ4n) is 1.10. The summed E-state index contributed by atoms with van der Waals surface area (Å²) in [4.78, 5) is 0. The number of benzene rings is 1. The molecule has 0 fully saturated rings. The van der Waals surface area contributed by atoms with Crippen LogP contribution in [0.2, 0.25) is 0 Å². The Morgan fingerprint density at radius 3 is 2.79 bits per heavy atom. The maximum absolute atomic E-state index is 5.82. The fraction of sp³-hybridized carbons (Fsp3) is 0.455. The van der Waals surface area contributed by atoms with Crippen molar-refractivity contribution in [2.75, 3.05) is 12.3 Å². The molecule has 0 saturated carbocycles. The molecule has 4 N–H and O–H groups in total. The molecule has 1 aromatic rings. The van der Waals surface area contributed by atoms with Gasteiger partial charge >= 0.3 is 0 Å². The van der Waals surface area contributed by atoms with Crippen LogP contribution in [0, 0.1) is 12.0 Å². The van der Waals surface area contributed by atoms with Gasteiger partial charge in [-0.3, -0.25) is 0 Å². The molecule has 77 valence electrons. The molecule has 0 aliphatic carbocycles. The normalized spacial score (nSPS) is 13.1.